The van der Waals surface area contributed by atoms with Gasteiger partial charge in [0.1, 0.15) is 6.54 Å². The van der Waals surface area contributed by atoms with Gasteiger partial charge in [0.2, 0.25) is 5.91 Å². The summed E-state index contributed by atoms with van der Waals surface area (Å²) in [7, 11) is 0. The molecule has 2 aromatic rings. The smallest absolute Gasteiger partial charge is 0.243 e. The van der Waals surface area contributed by atoms with Gasteiger partial charge in [-0.2, -0.15) is 0 Å². The minimum Gasteiger partial charge on any atom is -0.337 e. The standard InChI is InChI=1S/C23H28N2O2/c1-16(26)19-13-24(20-10-6-5-9-18(19)20)14-21(27)25-17-8-4-3-7-11-23(12-17)15-22(23,25)2/h5-6,9-10,13,17H,3-4,7-8,11-12,14-15H2,1-2H3. The lowest BCUT2D eigenvalue weighted by molar-refractivity contribution is -0.136. The van der Waals surface area contributed by atoms with E-state index in [1.807, 2.05) is 35.0 Å². The van der Waals surface area contributed by atoms with Crippen molar-refractivity contribution >= 4 is 22.6 Å². The molecule has 1 spiro atoms. The van der Waals surface area contributed by atoms with Crippen LogP contribution in [0, 0.1) is 5.41 Å². The Balaban J connectivity index is 1.48. The van der Waals surface area contributed by atoms with E-state index in [0.29, 0.717) is 23.6 Å². The third-order valence-corrected chi connectivity index (χ3v) is 7.66. The van der Waals surface area contributed by atoms with E-state index in [1.54, 1.807) is 6.92 Å². The molecule has 0 N–H and O–H groups in total. The van der Waals surface area contributed by atoms with Crippen molar-refractivity contribution in [1.82, 2.24) is 9.47 Å². The van der Waals surface area contributed by atoms with Crippen LogP contribution >= 0.6 is 0 Å². The fourth-order valence-corrected chi connectivity index (χ4v) is 6.26. The lowest BCUT2D eigenvalue weighted by Gasteiger charge is -2.33. The van der Waals surface area contributed by atoms with Gasteiger partial charge in [-0.1, -0.05) is 37.5 Å². The zero-order chi connectivity index (χ0) is 18.8. The number of Topliss-reactive ketones (excluding diaryl/α,β-unsaturated/α-hetero) is 1. The quantitative estimate of drug-likeness (QED) is 0.750. The number of ketones is 1. The van der Waals surface area contributed by atoms with Crippen LogP contribution < -0.4 is 0 Å². The molecule has 142 valence electrons. The molecule has 1 aromatic carbocycles. The van der Waals surface area contributed by atoms with Crippen LogP contribution in [-0.4, -0.2) is 32.7 Å². The number of para-hydroxylation sites is 1. The predicted octanol–water partition coefficient (Wildman–Crippen LogP) is 4.56. The van der Waals surface area contributed by atoms with Crippen LogP contribution in [0.2, 0.25) is 0 Å². The molecule has 5 rings (SSSR count). The fraction of sp³-hybridized carbons (Fsp3) is 0.565. The molecule has 2 heterocycles. The summed E-state index contributed by atoms with van der Waals surface area (Å²) < 4.78 is 1.98. The summed E-state index contributed by atoms with van der Waals surface area (Å²) in [5.74, 6) is 0.273. The van der Waals surface area contributed by atoms with Crippen molar-refractivity contribution in [3.05, 3.63) is 36.0 Å². The number of rotatable bonds is 3. The van der Waals surface area contributed by atoms with E-state index in [0.717, 1.165) is 17.3 Å². The van der Waals surface area contributed by atoms with Crippen LogP contribution in [-0.2, 0) is 11.3 Å². The van der Waals surface area contributed by atoms with E-state index >= 15 is 0 Å². The molecular formula is C23H28N2O2. The SMILES string of the molecule is CC(=O)c1cn(CC(=O)N2C3CCCCCC4(C3)CC24C)c2ccccc12. The average molecular weight is 364 g/mol. The molecule has 2 saturated carbocycles. The van der Waals surface area contributed by atoms with E-state index in [4.69, 9.17) is 0 Å². The normalized spacial score (nSPS) is 32.1. The number of nitrogens with zero attached hydrogens (tertiary/aromatic N) is 2. The summed E-state index contributed by atoms with van der Waals surface area (Å²) >= 11 is 0. The van der Waals surface area contributed by atoms with Gasteiger partial charge in [-0.15, -0.1) is 0 Å². The highest BCUT2D eigenvalue weighted by Gasteiger charge is 2.73. The molecule has 27 heavy (non-hydrogen) atoms. The summed E-state index contributed by atoms with van der Waals surface area (Å²) in [5, 5.41) is 0.945. The summed E-state index contributed by atoms with van der Waals surface area (Å²) in [5.41, 5.74) is 2.13. The Morgan fingerprint density at radius 2 is 2.00 bits per heavy atom. The second kappa shape index (κ2) is 5.70. The van der Waals surface area contributed by atoms with Crippen LogP contribution in [0.3, 0.4) is 0 Å². The number of carbonyl (C=O) groups excluding carboxylic acids is 2. The largest absolute Gasteiger partial charge is 0.337 e. The average Bonchev–Trinajstić information content (AvgIpc) is 2.92. The third kappa shape index (κ3) is 2.35. The van der Waals surface area contributed by atoms with Crippen molar-refractivity contribution < 1.29 is 9.59 Å². The van der Waals surface area contributed by atoms with E-state index in [-0.39, 0.29) is 17.2 Å². The van der Waals surface area contributed by atoms with E-state index in [1.165, 1.54) is 38.5 Å². The summed E-state index contributed by atoms with van der Waals surface area (Å²) in [6.07, 6.45) is 10.5. The lowest BCUT2D eigenvalue weighted by Crippen LogP contribution is -2.45. The minimum atomic E-state index is 0.0514. The monoisotopic (exact) mass is 364 g/mol. The molecule has 3 fully saturated rings. The first-order valence-corrected chi connectivity index (χ1v) is 10.4. The van der Waals surface area contributed by atoms with Crippen LogP contribution in [0.1, 0.15) is 69.2 Å². The molecule has 1 aliphatic heterocycles. The summed E-state index contributed by atoms with van der Waals surface area (Å²) in [6, 6.07) is 8.31. The number of aromatic nitrogens is 1. The summed E-state index contributed by atoms with van der Waals surface area (Å²) in [6.45, 7) is 4.24. The van der Waals surface area contributed by atoms with Gasteiger partial charge in [0.05, 0.1) is 0 Å². The number of fused-ring (bicyclic) bond motifs is 2. The van der Waals surface area contributed by atoms with Gasteiger partial charge < -0.3 is 9.47 Å². The molecule has 3 unspecified atom stereocenters. The van der Waals surface area contributed by atoms with Crippen molar-refractivity contribution in [2.45, 2.75) is 76.9 Å². The number of hydrogen-bond donors (Lipinski definition) is 0. The van der Waals surface area contributed by atoms with Crippen molar-refractivity contribution in [2.24, 2.45) is 5.41 Å². The Morgan fingerprint density at radius 1 is 1.19 bits per heavy atom. The number of benzene rings is 1. The molecule has 1 aromatic heterocycles. The molecule has 4 heteroatoms. The van der Waals surface area contributed by atoms with Crippen molar-refractivity contribution in [2.75, 3.05) is 0 Å². The maximum atomic E-state index is 13.5. The molecule has 1 amide bonds. The first-order chi connectivity index (χ1) is 13.0. The van der Waals surface area contributed by atoms with Gasteiger partial charge in [0.15, 0.2) is 5.78 Å². The van der Waals surface area contributed by atoms with Crippen LogP contribution in [0.5, 0.6) is 0 Å². The number of carbonyl (C=O) groups is 2. The maximum absolute atomic E-state index is 13.5. The summed E-state index contributed by atoms with van der Waals surface area (Å²) in [4.78, 5) is 27.8. The van der Waals surface area contributed by atoms with Gasteiger partial charge in [-0.05, 0) is 51.0 Å². The number of amides is 1. The molecule has 3 aliphatic rings. The zero-order valence-electron chi connectivity index (χ0n) is 16.3. The highest BCUT2D eigenvalue weighted by Crippen LogP contribution is 2.71. The Bertz CT molecular complexity index is 945. The molecule has 3 atom stereocenters. The van der Waals surface area contributed by atoms with E-state index < -0.39 is 0 Å². The molecular weight excluding hydrogens is 336 g/mol. The lowest BCUT2D eigenvalue weighted by atomic mass is 9.87. The first kappa shape index (κ1) is 17.0. The molecule has 0 radical (unpaired) electrons. The second-order valence-electron chi connectivity index (χ2n) is 9.20. The zero-order valence-corrected chi connectivity index (χ0v) is 16.3. The molecule has 2 bridgehead atoms. The van der Waals surface area contributed by atoms with Crippen LogP contribution in [0.15, 0.2) is 30.5 Å². The van der Waals surface area contributed by atoms with Crippen molar-refractivity contribution in [3.8, 4) is 0 Å². The van der Waals surface area contributed by atoms with Gasteiger partial charge in [0, 0.05) is 34.2 Å². The molecule has 2 aliphatic carbocycles. The fourth-order valence-electron chi connectivity index (χ4n) is 6.26. The van der Waals surface area contributed by atoms with E-state index in [9.17, 15) is 9.59 Å². The Hall–Kier alpha value is -2.10. The Morgan fingerprint density at radius 3 is 2.81 bits per heavy atom. The topological polar surface area (TPSA) is 42.3 Å². The third-order valence-electron chi connectivity index (χ3n) is 7.66. The van der Waals surface area contributed by atoms with Crippen molar-refractivity contribution in [1.29, 1.82) is 0 Å². The van der Waals surface area contributed by atoms with Gasteiger partial charge in [0.25, 0.3) is 0 Å². The minimum absolute atomic E-state index is 0.0514. The van der Waals surface area contributed by atoms with Gasteiger partial charge >= 0.3 is 0 Å². The van der Waals surface area contributed by atoms with Gasteiger partial charge in [-0.25, -0.2) is 0 Å². The van der Waals surface area contributed by atoms with Crippen molar-refractivity contribution in [3.63, 3.8) is 0 Å². The van der Waals surface area contributed by atoms with Crippen LogP contribution in [0.25, 0.3) is 10.9 Å². The number of hydrogen-bond acceptors (Lipinski definition) is 2. The first-order valence-electron chi connectivity index (χ1n) is 10.4. The van der Waals surface area contributed by atoms with Gasteiger partial charge in [-0.3, -0.25) is 9.59 Å². The highest BCUT2D eigenvalue weighted by molar-refractivity contribution is 6.07. The number of piperidine rings is 1. The second-order valence-corrected chi connectivity index (χ2v) is 9.20. The van der Waals surface area contributed by atoms with E-state index in [2.05, 4.69) is 11.8 Å². The highest BCUT2D eigenvalue weighted by atomic mass is 16.2. The molecule has 4 nitrogen and oxygen atoms in total. The van der Waals surface area contributed by atoms with Crippen LogP contribution in [0.4, 0.5) is 0 Å². The Labute approximate surface area is 160 Å². The Kier molecular flexibility index (Phi) is 3.59. The predicted molar refractivity (Wildman–Crippen MR) is 106 cm³/mol. The molecule has 1 saturated heterocycles. The number of likely N-dealkylation sites (tertiary alicyclic amines) is 1. The maximum Gasteiger partial charge on any atom is 0.243 e.